The van der Waals surface area contributed by atoms with Crippen molar-refractivity contribution < 1.29 is 0 Å². The van der Waals surface area contributed by atoms with Gasteiger partial charge in [-0.1, -0.05) is 30.2 Å². The number of H-pyrrole nitrogens is 1. The molecule has 122 valence electrons. The summed E-state index contributed by atoms with van der Waals surface area (Å²) in [7, 11) is 0. The minimum atomic E-state index is 0.766. The summed E-state index contributed by atoms with van der Waals surface area (Å²) in [4.78, 5) is 5.22. The Morgan fingerprint density at radius 1 is 1.09 bits per heavy atom. The number of rotatable bonds is 4. The van der Waals surface area contributed by atoms with Crippen molar-refractivity contribution in [1.29, 1.82) is 0 Å². The van der Waals surface area contributed by atoms with Gasteiger partial charge in [0, 0.05) is 49.4 Å². The maximum absolute atomic E-state index is 5.99. The van der Waals surface area contributed by atoms with E-state index in [1.54, 1.807) is 0 Å². The van der Waals surface area contributed by atoms with Crippen molar-refractivity contribution in [2.45, 2.75) is 31.8 Å². The second-order valence-electron chi connectivity index (χ2n) is 6.67. The second kappa shape index (κ2) is 6.63. The lowest BCUT2D eigenvalue weighted by atomic mass is 9.91. The first-order valence-corrected chi connectivity index (χ1v) is 8.92. The third kappa shape index (κ3) is 3.30. The van der Waals surface area contributed by atoms with E-state index >= 15 is 0 Å². The summed E-state index contributed by atoms with van der Waals surface area (Å²) in [5, 5.41) is 8.17. The van der Waals surface area contributed by atoms with Crippen molar-refractivity contribution >= 4 is 11.6 Å². The highest BCUT2D eigenvalue weighted by Gasteiger charge is 2.28. The zero-order chi connectivity index (χ0) is 15.6. The fraction of sp³-hybridized carbons (Fsp3) is 0.500. The first-order chi connectivity index (χ1) is 11.3. The van der Waals surface area contributed by atoms with Crippen LogP contribution in [0.4, 0.5) is 0 Å². The minimum Gasteiger partial charge on any atom is -0.298 e. The monoisotopic (exact) mass is 330 g/mol. The molecule has 2 aliphatic rings. The van der Waals surface area contributed by atoms with E-state index in [4.69, 9.17) is 11.6 Å². The lowest BCUT2D eigenvalue weighted by Crippen LogP contribution is -2.51. The number of hydrogen-bond donors (Lipinski definition) is 1. The molecule has 23 heavy (non-hydrogen) atoms. The van der Waals surface area contributed by atoms with Crippen molar-refractivity contribution in [3.63, 3.8) is 0 Å². The van der Waals surface area contributed by atoms with E-state index in [9.17, 15) is 0 Å². The maximum atomic E-state index is 5.99. The zero-order valence-electron chi connectivity index (χ0n) is 13.3. The SMILES string of the molecule is Clc1ccc(-c2[nH]ncc2CN2CCN(C3CCC3)CC2)cc1. The molecule has 0 atom stereocenters. The van der Waals surface area contributed by atoms with Gasteiger partial charge in [-0.2, -0.15) is 5.10 Å². The van der Waals surface area contributed by atoms with E-state index < -0.39 is 0 Å². The van der Waals surface area contributed by atoms with Crippen LogP contribution in [0.3, 0.4) is 0 Å². The second-order valence-corrected chi connectivity index (χ2v) is 7.11. The molecule has 4 rings (SSSR count). The first kappa shape index (κ1) is 15.2. The van der Waals surface area contributed by atoms with Crippen LogP contribution in [-0.2, 0) is 6.54 Å². The molecule has 4 nitrogen and oxygen atoms in total. The Kier molecular flexibility index (Phi) is 4.38. The van der Waals surface area contributed by atoms with Gasteiger partial charge >= 0.3 is 0 Å². The minimum absolute atomic E-state index is 0.766. The molecular formula is C18H23ClN4. The van der Waals surface area contributed by atoms with E-state index in [2.05, 4.69) is 20.0 Å². The molecule has 0 bridgehead atoms. The van der Waals surface area contributed by atoms with Crippen molar-refractivity contribution in [2.75, 3.05) is 26.2 Å². The van der Waals surface area contributed by atoms with Gasteiger partial charge in [0.25, 0.3) is 0 Å². The Morgan fingerprint density at radius 3 is 2.48 bits per heavy atom. The predicted molar refractivity (Wildman–Crippen MR) is 93.5 cm³/mol. The molecule has 1 saturated carbocycles. The van der Waals surface area contributed by atoms with Gasteiger partial charge in [0.2, 0.25) is 0 Å². The highest BCUT2D eigenvalue weighted by atomic mass is 35.5. The molecule has 2 aromatic rings. The van der Waals surface area contributed by atoms with Crippen LogP contribution in [-0.4, -0.2) is 52.2 Å². The Morgan fingerprint density at radius 2 is 1.83 bits per heavy atom. The number of aromatic amines is 1. The Bertz CT molecular complexity index is 639. The van der Waals surface area contributed by atoms with Crippen LogP contribution in [0.25, 0.3) is 11.3 Å². The highest BCUT2D eigenvalue weighted by Crippen LogP contribution is 2.27. The molecule has 0 radical (unpaired) electrons. The molecule has 1 aromatic carbocycles. The van der Waals surface area contributed by atoms with Crippen molar-refractivity contribution in [2.24, 2.45) is 0 Å². The van der Waals surface area contributed by atoms with Gasteiger partial charge in [-0.15, -0.1) is 0 Å². The van der Waals surface area contributed by atoms with Crippen LogP contribution in [0.5, 0.6) is 0 Å². The Balaban J connectivity index is 1.40. The zero-order valence-corrected chi connectivity index (χ0v) is 14.1. The molecule has 1 aromatic heterocycles. The van der Waals surface area contributed by atoms with Crippen LogP contribution in [0, 0.1) is 0 Å². The molecule has 0 unspecified atom stereocenters. The van der Waals surface area contributed by atoms with Crippen LogP contribution in [0.15, 0.2) is 30.5 Å². The highest BCUT2D eigenvalue weighted by molar-refractivity contribution is 6.30. The molecule has 0 amide bonds. The average molecular weight is 331 g/mol. The standard InChI is InChI=1S/C18H23ClN4/c19-16-6-4-14(5-7-16)18-15(12-20-21-18)13-22-8-10-23(11-9-22)17-2-1-3-17/h4-7,12,17H,1-3,8-11,13H2,(H,20,21). The van der Waals surface area contributed by atoms with Gasteiger partial charge in [0.05, 0.1) is 11.9 Å². The molecule has 1 saturated heterocycles. The average Bonchev–Trinajstić information content (AvgIpc) is 2.96. The van der Waals surface area contributed by atoms with Gasteiger partial charge < -0.3 is 0 Å². The number of piperazine rings is 1. The molecule has 2 heterocycles. The normalized spacial score (nSPS) is 20.6. The topological polar surface area (TPSA) is 35.2 Å². The van der Waals surface area contributed by atoms with E-state index in [-0.39, 0.29) is 0 Å². The number of aromatic nitrogens is 2. The molecule has 5 heteroatoms. The molecule has 2 fully saturated rings. The van der Waals surface area contributed by atoms with Crippen LogP contribution in [0.2, 0.25) is 5.02 Å². The van der Waals surface area contributed by atoms with Gasteiger partial charge in [-0.3, -0.25) is 14.9 Å². The molecule has 0 spiro atoms. The Hall–Kier alpha value is -1.36. The van der Waals surface area contributed by atoms with Crippen molar-refractivity contribution in [3.8, 4) is 11.3 Å². The number of nitrogens with one attached hydrogen (secondary N) is 1. The van der Waals surface area contributed by atoms with Crippen molar-refractivity contribution in [3.05, 3.63) is 41.0 Å². The summed E-state index contributed by atoms with van der Waals surface area (Å²) in [6.45, 7) is 5.69. The number of benzene rings is 1. The first-order valence-electron chi connectivity index (χ1n) is 8.54. The lowest BCUT2D eigenvalue weighted by molar-refractivity contribution is 0.0588. The molecule has 1 aliphatic carbocycles. The quantitative estimate of drug-likeness (QED) is 0.933. The van der Waals surface area contributed by atoms with Gasteiger partial charge in [0.1, 0.15) is 0 Å². The molecule has 1 aliphatic heterocycles. The summed E-state index contributed by atoms with van der Waals surface area (Å²) in [6.07, 6.45) is 6.19. The fourth-order valence-corrected chi connectivity index (χ4v) is 3.70. The van der Waals surface area contributed by atoms with E-state index in [1.807, 2.05) is 30.5 Å². The summed E-state index contributed by atoms with van der Waals surface area (Å²) < 4.78 is 0. The summed E-state index contributed by atoms with van der Waals surface area (Å²) in [5.74, 6) is 0. The van der Waals surface area contributed by atoms with Crippen LogP contribution >= 0.6 is 11.6 Å². The summed E-state index contributed by atoms with van der Waals surface area (Å²) in [6, 6.07) is 8.83. The lowest BCUT2D eigenvalue weighted by Gasteiger charge is -2.43. The van der Waals surface area contributed by atoms with Crippen molar-refractivity contribution in [1.82, 2.24) is 20.0 Å². The predicted octanol–water partition coefficient (Wildman–Crippen LogP) is 3.40. The van der Waals surface area contributed by atoms with Gasteiger partial charge in [-0.05, 0) is 30.5 Å². The van der Waals surface area contributed by atoms with E-state index in [1.165, 1.54) is 37.9 Å². The third-order valence-corrected chi connectivity index (χ3v) is 5.49. The fourth-order valence-electron chi connectivity index (χ4n) is 3.58. The van der Waals surface area contributed by atoms with E-state index in [0.29, 0.717) is 0 Å². The smallest absolute Gasteiger partial charge is 0.0695 e. The number of halogens is 1. The van der Waals surface area contributed by atoms with Crippen LogP contribution < -0.4 is 0 Å². The maximum Gasteiger partial charge on any atom is 0.0695 e. The molecular weight excluding hydrogens is 308 g/mol. The number of hydrogen-bond acceptors (Lipinski definition) is 3. The third-order valence-electron chi connectivity index (χ3n) is 5.24. The van der Waals surface area contributed by atoms with Gasteiger partial charge in [0.15, 0.2) is 0 Å². The Labute approximate surface area is 142 Å². The number of nitrogens with zero attached hydrogens (tertiary/aromatic N) is 3. The summed E-state index contributed by atoms with van der Waals surface area (Å²) in [5.41, 5.74) is 3.53. The van der Waals surface area contributed by atoms with Gasteiger partial charge in [-0.25, -0.2) is 0 Å². The van der Waals surface area contributed by atoms with E-state index in [0.717, 1.165) is 42.0 Å². The largest absolute Gasteiger partial charge is 0.298 e. The van der Waals surface area contributed by atoms with Crippen LogP contribution in [0.1, 0.15) is 24.8 Å². The molecule has 1 N–H and O–H groups in total. The summed E-state index contributed by atoms with van der Waals surface area (Å²) >= 11 is 5.99.